The molecule has 0 aliphatic heterocycles. The third-order valence-electron chi connectivity index (χ3n) is 2.58. The van der Waals surface area contributed by atoms with Gasteiger partial charge in [-0.3, -0.25) is 0 Å². The molecule has 1 aromatic carbocycles. The maximum absolute atomic E-state index is 12.1. The molecule has 0 aliphatic carbocycles. The predicted molar refractivity (Wildman–Crippen MR) is 71.2 cm³/mol. The van der Waals surface area contributed by atoms with Crippen LogP contribution < -0.4 is 4.72 Å². The van der Waals surface area contributed by atoms with E-state index in [2.05, 4.69) is 9.46 Å². The number of carboxylic acid groups (broad SMARTS) is 1. The van der Waals surface area contributed by atoms with E-state index in [4.69, 9.17) is 10.2 Å². The van der Waals surface area contributed by atoms with Crippen LogP contribution in [0.1, 0.15) is 16.8 Å². The summed E-state index contributed by atoms with van der Waals surface area (Å²) in [5.41, 5.74) is -0.133. The Bertz CT molecular complexity index is 626. The number of rotatable bonds is 7. The van der Waals surface area contributed by atoms with Crippen LogP contribution in [0, 0.1) is 0 Å². The normalized spacial score (nSPS) is 12.7. The van der Waals surface area contributed by atoms with Gasteiger partial charge in [0.05, 0.1) is 17.6 Å². The van der Waals surface area contributed by atoms with Gasteiger partial charge in [-0.15, -0.1) is 0 Å². The average molecular weight is 317 g/mol. The molecule has 0 radical (unpaired) electrons. The van der Waals surface area contributed by atoms with Crippen LogP contribution >= 0.6 is 0 Å². The van der Waals surface area contributed by atoms with E-state index in [-0.39, 0.29) is 23.4 Å². The lowest BCUT2D eigenvalue weighted by atomic mass is 10.2. The molecular formula is C12H15NO7S. The summed E-state index contributed by atoms with van der Waals surface area (Å²) in [6.07, 6.45) is -1.96. The lowest BCUT2D eigenvalue weighted by Crippen LogP contribution is -2.31. The highest BCUT2D eigenvalue weighted by atomic mass is 32.2. The van der Waals surface area contributed by atoms with Crippen LogP contribution in [0.15, 0.2) is 29.2 Å². The van der Waals surface area contributed by atoms with Gasteiger partial charge in [-0.1, -0.05) is 12.1 Å². The summed E-state index contributed by atoms with van der Waals surface area (Å²) < 4.78 is 30.8. The first-order valence-corrected chi connectivity index (χ1v) is 7.35. The quantitative estimate of drug-likeness (QED) is 0.583. The molecule has 0 heterocycles. The highest BCUT2D eigenvalue weighted by Crippen LogP contribution is 2.16. The number of carbonyl (C=O) groups is 2. The topological polar surface area (TPSA) is 130 Å². The summed E-state index contributed by atoms with van der Waals surface area (Å²) in [7, 11) is -2.89. The van der Waals surface area contributed by atoms with Crippen molar-refractivity contribution in [1.29, 1.82) is 0 Å². The second-order valence-corrected chi connectivity index (χ2v) is 5.76. The summed E-state index contributed by atoms with van der Waals surface area (Å²) >= 11 is 0. The molecule has 9 heteroatoms. The number of aliphatic hydroxyl groups is 1. The Hall–Kier alpha value is -1.97. The summed E-state index contributed by atoms with van der Waals surface area (Å²) in [5.74, 6) is -2.24. The highest BCUT2D eigenvalue weighted by molar-refractivity contribution is 7.89. The Balaban J connectivity index is 2.89. The van der Waals surface area contributed by atoms with Gasteiger partial charge < -0.3 is 14.9 Å². The molecular weight excluding hydrogens is 302 g/mol. The third-order valence-corrected chi connectivity index (χ3v) is 4.10. The molecule has 0 saturated heterocycles. The van der Waals surface area contributed by atoms with E-state index >= 15 is 0 Å². The van der Waals surface area contributed by atoms with Gasteiger partial charge in [-0.05, 0) is 18.6 Å². The second kappa shape index (κ2) is 7.16. The molecule has 1 atom stereocenters. The summed E-state index contributed by atoms with van der Waals surface area (Å²) in [5, 5.41) is 17.6. The van der Waals surface area contributed by atoms with Crippen molar-refractivity contribution in [3.8, 4) is 0 Å². The number of carbonyl (C=O) groups excluding carboxylic acids is 1. The Labute approximate surface area is 121 Å². The van der Waals surface area contributed by atoms with E-state index < -0.39 is 28.1 Å². The second-order valence-electron chi connectivity index (χ2n) is 4.03. The Kier molecular flexibility index (Phi) is 5.82. The van der Waals surface area contributed by atoms with Crippen LogP contribution in [0.2, 0.25) is 0 Å². The number of methoxy groups -OCH3 is 1. The standard InChI is InChI=1S/C12H15NO7S/c1-20-12(17)8-4-2-3-5-10(8)21(18,19)13-7-6-9(14)11(15)16/h2-5,9,13-14H,6-7H2,1H3,(H,15,16). The smallest absolute Gasteiger partial charge is 0.339 e. The monoisotopic (exact) mass is 317 g/mol. The number of hydrogen-bond acceptors (Lipinski definition) is 6. The van der Waals surface area contributed by atoms with Gasteiger partial charge in [0.15, 0.2) is 6.10 Å². The van der Waals surface area contributed by atoms with Crippen molar-refractivity contribution in [1.82, 2.24) is 4.72 Å². The largest absolute Gasteiger partial charge is 0.479 e. The van der Waals surface area contributed by atoms with Crippen molar-refractivity contribution < 1.29 is 33.0 Å². The van der Waals surface area contributed by atoms with Gasteiger partial charge >= 0.3 is 11.9 Å². The average Bonchev–Trinajstić information content (AvgIpc) is 2.46. The molecule has 8 nitrogen and oxygen atoms in total. The summed E-state index contributed by atoms with van der Waals surface area (Å²) in [4.78, 5) is 21.7. The fraction of sp³-hybridized carbons (Fsp3) is 0.333. The van der Waals surface area contributed by atoms with E-state index in [1.165, 1.54) is 24.3 Å². The molecule has 3 N–H and O–H groups in total. The van der Waals surface area contributed by atoms with Gasteiger partial charge in [0, 0.05) is 6.54 Å². The maximum atomic E-state index is 12.1. The Morgan fingerprint density at radius 2 is 1.95 bits per heavy atom. The first-order valence-electron chi connectivity index (χ1n) is 5.87. The lowest BCUT2D eigenvalue weighted by molar-refractivity contribution is -0.146. The number of ether oxygens (including phenoxy) is 1. The van der Waals surface area contributed by atoms with E-state index in [1.807, 2.05) is 0 Å². The van der Waals surface area contributed by atoms with Gasteiger partial charge in [-0.25, -0.2) is 22.7 Å². The zero-order chi connectivity index (χ0) is 16.0. The fourth-order valence-corrected chi connectivity index (χ4v) is 2.75. The molecule has 0 aliphatic rings. The number of benzene rings is 1. The fourth-order valence-electron chi connectivity index (χ4n) is 1.51. The minimum absolute atomic E-state index is 0.133. The van der Waals surface area contributed by atoms with Crippen LogP contribution in [0.5, 0.6) is 0 Å². The van der Waals surface area contributed by atoms with Gasteiger partial charge in [0.1, 0.15) is 0 Å². The van der Waals surface area contributed by atoms with Crippen LogP contribution in [0.3, 0.4) is 0 Å². The van der Waals surface area contributed by atoms with Crippen molar-refractivity contribution in [2.24, 2.45) is 0 Å². The number of esters is 1. The number of hydrogen-bond donors (Lipinski definition) is 3. The first kappa shape index (κ1) is 17.1. The predicted octanol–water partition coefficient (Wildman–Crippen LogP) is -0.413. The van der Waals surface area contributed by atoms with Gasteiger partial charge in [0.2, 0.25) is 10.0 Å². The summed E-state index contributed by atoms with van der Waals surface area (Å²) in [6, 6.07) is 5.45. The highest BCUT2D eigenvalue weighted by Gasteiger charge is 2.23. The zero-order valence-corrected chi connectivity index (χ0v) is 12.0. The minimum atomic E-state index is -4.02. The van der Waals surface area contributed by atoms with Gasteiger partial charge in [0.25, 0.3) is 0 Å². The molecule has 0 spiro atoms. The van der Waals surface area contributed by atoms with E-state index in [0.717, 1.165) is 7.11 Å². The molecule has 0 amide bonds. The molecule has 0 aromatic heterocycles. The van der Waals surface area contributed by atoms with Crippen molar-refractivity contribution in [2.45, 2.75) is 17.4 Å². The van der Waals surface area contributed by atoms with E-state index in [9.17, 15) is 18.0 Å². The van der Waals surface area contributed by atoms with E-state index in [1.54, 1.807) is 0 Å². The molecule has 1 unspecified atom stereocenters. The lowest BCUT2D eigenvalue weighted by Gasteiger charge is -2.11. The van der Waals surface area contributed by atoms with Crippen molar-refractivity contribution in [2.75, 3.05) is 13.7 Å². The molecule has 0 saturated carbocycles. The van der Waals surface area contributed by atoms with Crippen LogP contribution in [-0.2, 0) is 19.6 Å². The minimum Gasteiger partial charge on any atom is -0.479 e. The molecule has 1 aromatic rings. The SMILES string of the molecule is COC(=O)c1ccccc1S(=O)(=O)NCCC(O)C(=O)O. The van der Waals surface area contributed by atoms with Crippen molar-refractivity contribution in [3.05, 3.63) is 29.8 Å². The molecule has 116 valence electrons. The van der Waals surface area contributed by atoms with Gasteiger partial charge in [-0.2, -0.15) is 0 Å². The summed E-state index contributed by atoms with van der Waals surface area (Å²) in [6.45, 7) is -0.286. The van der Waals surface area contributed by atoms with Crippen LogP contribution in [0.4, 0.5) is 0 Å². The molecule has 1 rings (SSSR count). The number of nitrogens with one attached hydrogen (secondary N) is 1. The Morgan fingerprint density at radius 1 is 1.33 bits per heavy atom. The van der Waals surface area contributed by atoms with Crippen molar-refractivity contribution >= 4 is 22.0 Å². The number of sulfonamides is 1. The maximum Gasteiger partial charge on any atom is 0.339 e. The van der Waals surface area contributed by atoms with Crippen LogP contribution in [0.25, 0.3) is 0 Å². The van der Waals surface area contributed by atoms with E-state index in [0.29, 0.717) is 0 Å². The zero-order valence-electron chi connectivity index (χ0n) is 11.1. The Morgan fingerprint density at radius 3 is 2.52 bits per heavy atom. The third kappa shape index (κ3) is 4.52. The number of aliphatic carboxylic acids is 1. The molecule has 21 heavy (non-hydrogen) atoms. The molecule has 0 fully saturated rings. The molecule has 0 bridgehead atoms. The first-order chi connectivity index (χ1) is 9.79. The van der Waals surface area contributed by atoms with Crippen molar-refractivity contribution in [3.63, 3.8) is 0 Å². The number of carboxylic acids is 1. The van der Waals surface area contributed by atoms with Crippen LogP contribution in [-0.4, -0.2) is 50.3 Å². The number of aliphatic hydroxyl groups excluding tert-OH is 1.